The maximum Gasteiger partial charge on any atom is 0.260 e. The maximum atomic E-state index is 12.3. The summed E-state index contributed by atoms with van der Waals surface area (Å²) in [4.78, 5) is 12.3. The minimum atomic E-state index is -0.584. The molecule has 5 heteroatoms. The summed E-state index contributed by atoms with van der Waals surface area (Å²) >= 11 is 0. The summed E-state index contributed by atoms with van der Waals surface area (Å²) in [6.45, 7) is 3.96. The third kappa shape index (κ3) is 4.66. The number of hydrogen-bond donors (Lipinski definition) is 1. The van der Waals surface area contributed by atoms with E-state index in [4.69, 9.17) is 14.2 Å². The topological polar surface area (TPSA) is 56.8 Å². The van der Waals surface area contributed by atoms with Crippen LogP contribution in [0.3, 0.4) is 0 Å². The highest BCUT2D eigenvalue weighted by Crippen LogP contribution is 2.35. The number of ether oxygens (including phenoxy) is 3. The summed E-state index contributed by atoms with van der Waals surface area (Å²) in [6.07, 6.45) is 1.23. The number of benzene rings is 2. The summed E-state index contributed by atoms with van der Waals surface area (Å²) < 4.78 is 16.3. The van der Waals surface area contributed by atoms with Gasteiger partial charge >= 0.3 is 0 Å². The second-order valence-corrected chi connectivity index (χ2v) is 6.21. The van der Waals surface area contributed by atoms with Crippen LogP contribution in [-0.2, 0) is 11.2 Å². The molecule has 1 N–H and O–H groups in total. The van der Waals surface area contributed by atoms with Crippen molar-refractivity contribution in [2.24, 2.45) is 0 Å². The molecule has 0 saturated heterocycles. The first-order chi connectivity index (χ1) is 12.1. The van der Waals surface area contributed by atoms with Crippen molar-refractivity contribution in [3.8, 4) is 17.2 Å². The van der Waals surface area contributed by atoms with Crippen LogP contribution in [0.5, 0.6) is 17.2 Å². The van der Waals surface area contributed by atoms with E-state index in [-0.39, 0.29) is 18.7 Å². The summed E-state index contributed by atoms with van der Waals surface area (Å²) in [7, 11) is 0. The highest BCUT2D eigenvalue weighted by Gasteiger charge is 2.19. The minimum absolute atomic E-state index is 0.0792. The van der Waals surface area contributed by atoms with Crippen molar-refractivity contribution in [3.05, 3.63) is 54.1 Å². The van der Waals surface area contributed by atoms with Crippen molar-refractivity contribution in [1.82, 2.24) is 5.32 Å². The molecule has 25 heavy (non-hydrogen) atoms. The molecule has 5 nitrogen and oxygen atoms in total. The van der Waals surface area contributed by atoms with Crippen LogP contribution >= 0.6 is 0 Å². The zero-order valence-corrected chi connectivity index (χ0v) is 14.5. The molecular weight excluding hydrogens is 318 g/mol. The zero-order valence-electron chi connectivity index (χ0n) is 14.5. The van der Waals surface area contributed by atoms with Gasteiger partial charge in [0.05, 0.1) is 0 Å². The van der Waals surface area contributed by atoms with Gasteiger partial charge in [-0.25, -0.2) is 0 Å². The van der Waals surface area contributed by atoms with Crippen LogP contribution in [0, 0.1) is 0 Å². The van der Waals surface area contributed by atoms with E-state index in [1.807, 2.05) is 25.1 Å². The van der Waals surface area contributed by atoms with Crippen molar-refractivity contribution in [1.29, 1.82) is 0 Å². The standard InChI is InChI=1S/C20H23NO4/c1-14(8-9-16-6-4-3-5-7-16)21-20(22)15(2)25-17-10-11-18-19(12-17)24-13-23-18/h3-7,10-12,14-15H,8-9,13H2,1-2H3,(H,21,22)/t14-,15-/m1/s1. The van der Waals surface area contributed by atoms with E-state index in [2.05, 4.69) is 17.4 Å². The van der Waals surface area contributed by atoms with Gasteiger partial charge in [-0.1, -0.05) is 30.3 Å². The van der Waals surface area contributed by atoms with Gasteiger partial charge in [0.2, 0.25) is 6.79 Å². The molecule has 2 aromatic carbocycles. The Kier molecular flexibility index (Phi) is 5.43. The van der Waals surface area contributed by atoms with Gasteiger partial charge in [-0.3, -0.25) is 4.79 Å². The molecule has 0 unspecified atom stereocenters. The van der Waals surface area contributed by atoms with Crippen LogP contribution in [-0.4, -0.2) is 24.8 Å². The molecule has 1 amide bonds. The lowest BCUT2D eigenvalue weighted by Gasteiger charge is -2.19. The summed E-state index contributed by atoms with van der Waals surface area (Å²) in [5.74, 6) is 1.79. The van der Waals surface area contributed by atoms with Crippen LogP contribution in [0.4, 0.5) is 0 Å². The van der Waals surface area contributed by atoms with Crippen LogP contribution in [0.15, 0.2) is 48.5 Å². The van der Waals surface area contributed by atoms with E-state index in [1.54, 1.807) is 25.1 Å². The van der Waals surface area contributed by atoms with Crippen molar-refractivity contribution in [2.45, 2.75) is 38.8 Å². The Morgan fingerprint density at radius 3 is 2.68 bits per heavy atom. The molecule has 0 saturated carbocycles. The molecule has 1 aliphatic heterocycles. The average molecular weight is 341 g/mol. The minimum Gasteiger partial charge on any atom is -0.481 e. The molecule has 0 bridgehead atoms. The average Bonchev–Trinajstić information content (AvgIpc) is 3.08. The van der Waals surface area contributed by atoms with Gasteiger partial charge in [0, 0.05) is 12.1 Å². The highest BCUT2D eigenvalue weighted by atomic mass is 16.7. The fourth-order valence-corrected chi connectivity index (χ4v) is 2.67. The Labute approximate surface area is 147 Å². The monoisotopic (exact) mass is 341 g/mol. The van der Waals surface area contributed by atoms with Crippen molar-refractivity contribution >= 4 is 5.91 Å². The largest absolute Gasteiger partial charge is 0.481 e. The first kappa shape index (κ1) is 17.1. The highest BCUT2D eigenvalue weighted by molar-refractivity contribution is 5.81. The lowest BCUT2D eigenvalue weighted by atomic mass is 10.1. The predicted octanol–water partition coefficient (Wildman–Crippen LogP) is 3.32. The molecule has 132 valence electrons. The molecule has 0 radical (unpaired) electrons. The van der Waals surface area contributed by atoms with E-state index in [0.717, 1.165) is 12.8 Å². The Morgan fingerprint density at radius 2 is 1.88 bits per heavy atom. The molecule has 1 heterocycles. The number of rotatable bonds is 7. The van der Waals surface area contributed by atoms with Gasteiger partial charge in [-0.15, -0.1) is 0 Å². The molecule has 0 aromatic heterocycles. The maximum absolute atomic E-state index is 12.3. The molecule has 3 rings (SSSR count). The molecule has 0 aliphatic carbocycles. The summed E-state index contributed by atoms with van der Waals surface area (Å²) in [6, 6.07) is 15.6. The van der Waals surface area contributed by atoms with Gasteiger partial charge < -0.3 is 19.5 Å². The molecular formula is C20H23NO4. The number of hydrogen-bond acceptors (Lipinski definition) is 4. The lowest BCUT2D eigenvalue weighted by molar-refractivity contribution is -0.127. The summed E-state index contributed by atoms with van der Waals surface area (Å²) in [5.41, 5.74) is 1.27. The summed E-state index contributed by atoms with van der Waals surface area (Å²) in [5, 5.41) is 3.00. The second-order valence-electron chi connectivity index (χ2n) is 6.21. The number of aryl methyl sites for hydroxylation is 1. The van der Waals surface area contributed by atoms with Crippen LogP contribution in [0.25, 0.3) is 0 Å². The number of nitrogens with one attached hydrogen (secondary N) is 1. The van der Waals surface area contributed by atoms with E-state index in [0.29, 0.717) is 17.2 Å². The molecule has 2 aromatic rings. The SMILES string of the molecule is C[C@H](CCc1ccccc1)NC(=O)[C@@H](C)Oc1ccc2c(c1)OCO2. The number of fused-ring (bicyclic) bond motifs is 1. The quantitative estimate of drug-likeness (QED) is 0.839. The third-order valence-electron chi connectivity index (χ3n) is 4.12. The van der Waals surface area contributed by atoms with Crippen molar-refractivity contribution < 1.29 is 19.0 Å². The van der Waals surface area contributed by atoms with Gasteiger partial charge in [0.15, 0.2) is 17.6 Å². The van der Waals surface area contributed by atoms with Gasteiger partial charge in [0.25, 0.3) is 5.91 Å². The van der Waals surface area contributed by atoms with Gasteiger partial charge in [0.1, 0.15) is 5.75 Å². The fourth-order valence-electron chi connectivity index (χ4n) is 2.67. The van der Waals surface area contributed by atoms with Gasteiger partial charge in [-0.05, 0) is 44.4 Å². The Bertz CT molecular complexity index is 717. The first-order valence-corrected chi connectivity index (χ1v) is 8.52. The molecule has 2 atom stereocenters. The second kappa shape index (κ2) is 7.92. The zero-order chi connectivity index (χ0) is 17.6. The van der Waals surface area contributed by atoms with E-state index in [1.165, 1.54) is 5.56 Å². The first-order valence-electron chi connectivity index (χ1n) is 8.52. The van der Waals surface area contributed by atoms with Crippen LogP contribution < -0.4 is 19.5 Å². The Morgan fingerprint density at radius 1 is 1.12 bits per heavy atom. The normalized spacial score (nSPS) is 14.6. The van der Waals surface area contributed by atoms with Crippen LogP contribution in [0.1, 0.15) is 25.8 Å². The van der Waals surface area contributed by atoms with Crippen molar-refractivity contribution in [3.63, 3.8) is 0 Å². The van der Waals surface area contributed by atoms with E-state index >= 15 is 0 Å². The van der Waals surface area contributed by atoms with Crippen molar-refractivity contribution in [2.75, 3.05) is 6.79 Å². The molecule has 1 aliphatic rings. The van der Waals surface area contributed by atoms with E-state index < -0.39 is 6.10 Å². The predicted molar refractivity (Wildman–Crippen MR) is 95.0 cm³/mol. The fraction of sp³-hybridized carbons (Fsp3) is 0.350. The molecule has 0 spiro atoms. The van der Waals surface area contributed by atoms with Gasteiger partial charge in [-0.2, -0.15) is 0 Å². The Balaban J connectivity index is 1.47. The number of carbonyl (C=O) groups excluding carboxylic acids is 1. The Hall–Kier alpha value is -2.69. The van der Waals surface area contributed by atoms with Crippen LogP contribution in [0.2, 0.25) is 0 Å². The smallest absolute Gasteiger partial charge is 0.260 e. The number of carbonyl (C=O) groups is 1. The van der Waals surface area contributed by atoms with E-state index in [9.17, 15) is 4.79 Å². The third-order valence-corrected chi connectivity index (χ3v) is 4.12. The number of amides is 1. The molecule has 0 fully saturated rings. The lowest BCUT2D eigenvalue weighted by Crippen LogP contribution is -2.41.